The van der Waals surface area contributed by atoms with Crippen molar-refractivity contribution in [1.82, 2.24) is 13.9 Å². The van der Waals surface area contributed by atoms with Gasteiger partial charge in [-0.15, -0.1) is 0 Å². The zero-order valence-corrected chi connectivity index (χ0v) is 13.6. The topological polar surface area (TPSA) is 52.7 Å². The number of nitrogens with one attached hydrogen (secondary N) is 1. The third-order valence-electron chi connectivity index (χ3n) is 3.72. The van der Waals surface area contributed by atoms with Gasteiger partial charge in [0.15, 0.2) is 0 Å². The first-order valence-corrected chi connectivity index (χ1v) is 8.45. The van der Waals surface area contributed by atoms with Gasteiger partial charge < -0.3 is 5.32 Å². The molecule has 1 aliphatic heterocycles. The molecule has 0 saturated carbocycles. The van der Waals surface area contributed by atoms with Gasteiger partial charge in [-0.2, -0.15) is 17.0 Å². The molecule has 1 aromatic rings. The van der Waals surface area contributed by atoms with Crippen LogP contribution < -0.4 is 5.32 Å². The molecule has 0 aromatic heterocycles. The Morgan fingerprint density at radius 2 is 2.24 bits per heavy atom. The van der Waals surface area contributed by atoms with Crippen molar-refractivity contribution in [1.29, 1.82) is 0 Å². The molecule has 5 nitrogen and oxygen atoms in total. The summed E-state index contributed by atoms with van der Waals surface area (Å²) < 4.78 is 41.3. The van der Waals surface area contributed by atoms with Gasteiger partial charge in [-0.25, -0.2) is 4.39 Å². The van der Waals surface area contributed by atoms with E-state index < -0.39 is 16.0 Å². The van der Waals surface area contributed by atoms with E-state index in [0.29, 0.717) is 13.1 Å². The number of nitrogens with zero attached hydrogens (tertiary/aromatic N) is 2. The Labute approximate surface area is 129 Å². The standard InChI is InChI=1S/C13H19ClFN3O2S/c1-16-10-6-7-18(8-10)21(19,20)17(2)9-11-12(14)4-3-5-13(11)15/h3-5,10,16H,6-9H2,1-2H3. The van der Waals surface area contributed by atoms with Gasteiger partial charge in [0.2, 0.25) is 0 Å². The molecule has 0 amide bonds. The molecule has 1 aromatic carbocycles. The second kappa shape index (κ2) is 6.58. The predicted octanol–water partition coefficient (Wildman–Crippen LogP) is 1.45. The van der Waals surface area contributed by atoms with Crippen LogP contribution in [-0.2, 0) is 16.8 Å². The Bertz CT molecular complexity index is 591. The van der Waals surface area contributed by atoms with Crippen LogP contribution in [0.5, 0.6) is 0 Å². The van der Waals surface area contributed by atoms with Gasteiger partial charge in [0, 0.05) is 43.3 Å². The molecule has 1 aliphatic rings. The van der Waals surface area contributed by atoms with E-state index in [1.165, 1.54) is 23.5 Å². The molecule has 1 saturated heterocycles. The van der Waals surface area contributed by atoms with Crippen molar-refractivity contribution in [2.24, 2.45) is 0 Å². The summed E-state index contributed by atoms with van der Waals surface area (Å²) in [4.78, 5) is 0. The van der Waals surface area contributed by atoms with Crippen molar-refractivity contribution in [3.05, 3.63) is 34.6 Å². The summed E-state index contributed by atoms with van der Waals surface area (Å²) in [5, 5.41) is 3.30. The molecule has 2 rings (SSSR count). The normalized spacial score (nSPS) is 20.3. The van der Waals surface area contributed by atoms with E-state index in [-0.39, 0.29) is 23.2 Å². The monoisotopic (exact) mass is 335 g/mol. The van der Waals surface area contributed by atoms with Crippen molar-refractivity contribution in [3.8, 4) is 0 Å². The lowest BCUT2D eigenvalue weighted by atomic mass is 10.2. The second-order valence-corrected chi connectivity index (χ2v) is 7.54. The molecule has 1 unspecified atom stereocenters. The third-order valence-corrected chi connectivity index (χ3v) is 5.98. The van der Waals surface area contributed by atoms with E-state index in [1.54, 1.807) is 6.07 Å². The molecule has 1 atom stereocenters. The van der Waals surface area contributed by atoms with Crippen molar-refractivity contribution >= 4 is 21.8 Å². The van der Waals surface area contributed by atoms with E-state index in [2.05, 4.69) is 5.32 Å². The molecule has 0 spiro atoms. The highest BCUT2D eigenvalue weighted by Crippen LogP contribution is 2.23. The first-order chi connectivity index (χ1) is 9.86. The van der Waals surface area contributed by atoms with Gasteiger partial charge in [0.05, 0.1) is 0 Å². The Balaban J connectivity index is 2.14. The Morgan fingerprint density at radius 1 is 1.52 bits per heavy atom. The Morgan fingerprint density at radius 3 is 2.81 bits per heavy atom. The lowest BCUT2D eigenvalue weighted by Crippen LogP contribution is -2.41. The Hall–Kier alpha value is -0.730. The number of hydrogen-bond donors (Lipinski definition) is 1. The van der Waals surface area contributed by atoms with Gasteiger partial charge in [-0.05, 0) is 25.6 Å². The molecule has 0 bridgehead atoms. The molecular weight excluding hydrogens is 317 g/mol. The lowest BCUT2D eigenvalue weighted by molar-refractivity contribution is 0.383. The maximum absolute atomic E-state index is 13.8. The zero-order chi connectivity index (χ0) is 15.6. The predicted molar refractivity (Wildman–Crippen MR) is 80.8 cm³/mol. The third kappa shape index (κ3) is 3.54. The lowest BCUT2D eigenvalue weighted by Gasteiger charge is -2.24. The summed E-state index contributed by atoms with van der Waals surface area (Å²) >= 11 is 5.94. The zero-order valence-electron chi connectivity index (χ0n) is 12.0. The molecule has 118 valence electrons. The summed E-state index contributed by atoms with van der Waals surface area (Å²) in [6.45, 7) is 0.798. The van der Waals surface area contributed by atoms with Crippen LogP contribution in [0.4, 0.5) is 4.39 Å². The fourth-order valence-corrected chi connectivity index (χ4v) is 3.97. The molecule has 21 heavy (non-hydrogen) atoms. The SMILES string of the molecule is CNC1CCN(S(=O)(=O)N(C)Cc2c(F)cccc2Cl)C1. The fourth-order valence-electron chi connectivity index (χ4n) is 2.36. The highest BCUT2D eigenvalue weighted by Gasteiger charge is 2.33. The minimum absolute atomic E-state index is 0.0887. The van der Waals surface area contributed by atoms with Crippen LogP contribution >= 0.6 is 11.6 Å². The fraction of sp³-hybridized carbons (Fsp3) is 0.538. The van der Waals surface area contributed by atoms with Crippen molar-refractivity contribution in [2.75, 3.05) is 27.2 Å². The van der Waals surface area contributed by atoms with Gasteiger partial charge >= 0.3 is 0 Å². The minimum atomic E-state index is -3.61. The Kier molecular flexibility index (Phi) is 5.21. The number of benzene rings is 1. The maximum Gasteiger partial charge on any atom is 0.282 e. The van der Waals surface area contributed by atoms with Gasteiger partial charge in [0.25, 0.3) is 10.2 Å². The van der Waals surface area contributed by atoms with Crippen molar-refractivity contribution in [3.63, 3.8) is 0 Å². The molecule has 0 aliphatic carbocycles. The summed E-state index contributed by atoms with van der Waals surface area (Å²) in [6.07, 6.45) is 0.768. The quantitative estimate of drug-likeness (QED) is 0.886. The van der Waals surface area contributed by atoms with Crippen LogP contribution in [0, 0.1) is 5.82 Å². The maximum atomic E-state index is 13.8. The van der Waals surface area contributed by atoms with Crippen LogP contribution in [0.15, 0.2) is 18.2 Å². The van der Waals surface area contributed by atoms with E-state index in [9.17, 15) is 12.8 Å². The van der Waals surface area contributed by atoms with Gasteiger partial charge in [-0.1, -0.05) is 17.7 Å². The first-order valence-electron chi connectivity index (χ1n) is 6.68. The van der Waals surface area contributed by atoms with Crippen molar-refractivity contribution < 1.29 is 12.8 Å². The summed E-state index contributed by atoms with van der Waals surface area (Å²) in [5.41, 5.74) is 0.189. The molecule has 8 heteroatoms. The number of halogens is 2. The van der Waals surface area contributed by atoms with Crippen LogP contribution in [0.3, 0.4) is 0 Å². The average molecular weight is 336 g/mol. The highest BCUT2D eigenvalue weighted by molar-refractivity contribution is 7.86. The van der Waals surface area contributed by atoms with E-state index >= 15 is 0 Å². The van der Waals surface area contributed by atoms with Gasteiger partial charge in [0.1, 0.15) is 5.82 Å². The largest absolute Gasteiger partial charge is 0.316 e. The van der Waals surface area contributed by atoms with Crippen LogP contribution in [0.25, 0.3) is 0 Å². The van der Waals surface area contributed by atoms with Crippen LogP contribution in [0.2, 0.25) is 5.02 Å². The first kappa shape index (κ1) is 16.6. The highest BCUT2D eigenvalue weighted by atomic mass is 35.5. The molecule has 0 radical (unpaired) electrons. The minimum Gasteiger partial charge on any atom is -0.316 e. The number of rotatable bonds is 5. The molecular formula is C13H19ClFN3O2S. The van der Waals surface area contributed by atoms with E-state index in [4.69, 9.17) is 11.6 Å². The number of hydrogen-bond acceptors (Lipinski definition) is 3. The van der Waals surface area contributed by atoms with E-state index in [0.717, 1.165) is 10.7 Å². The van der Waals surface area contributed by atoms with Crippen LogP contribution in [-0.4, -0.2) is 50.3 Å². The van der Waals surface area contributed by atoms with Crippen LogP contribution in [0.1, 0.15) is 12.0 Å². The average Bonchev–Trinajstić information content (AvgIpc) is 2.92. The molecule has 1 fully saturated rings. The van der Waals surface area contributed by atoms with Gasteiger partial charge in [-0.3, -0.25) is 0 Å². The van der Waals surface area contributed by atoms with Crippen molar-refractivity contribution in [2.45, 2.75) is 19.0 Å². The second-order valence-electron chi connectivity index (χ2n) is 5.10. The van der Waals surface area contributed by atoms with E-state index in [1.807, 2.05) is 7.05 Å². The molecule has 1 heterocycles. The smallest absolute Gasteiger partial charge is 0.282 e. The number of likely N-dealkylation sites (N-methyl/N-ethyl adjacent to an activating group) is 1. The summed E-state index contributed by atoms with van der Waals surface area (Å²) in [7, 11) is -0.368. The summed E-state index contributed by atoms with van der Waals surface area (Å²) in [6, 6.07) is 4.47. The molecule has 1 N–H and O–H groups in total. The summed E-state index contributed by atoms with van der Waals surface area (Å²) in [5.74, 6) is -0.501.